The van der Waals surface area contributed by atoms with Gasteiger partial charge in [-0.25, -0.2) is 14.3 Å². The Kier molecular flexibility index (Phi) is 10.2. The van der Waals surface area contributed by atoms with Crippen molar-refractivity contribution in [2.75, 3.05) is 61.4 Å². The summed E-state index contributed by atoms with van der Waals surface area (Å²) in [4.78, 5) is 55.6. The van der Waals surface area contributed by atoms with Crippen molar-refractivity contribution >= 4 is 58.0 Å². The van der Waals surface area contributed by atoms with E-state index in [2.05, 4.69) is 66.0 Å². The van der Waals surface area contributed by atoms with Crippen LogP contribution in [0.25, 0.3) is 16.9 Å². The van der Waals surface area contributed by atoms with Crippen molar-refractivity contribution in [2.45, 2.75) is 70.5 Å². The van der Waals surface area contributed by atoms with Crippen molar-refractivity contribution in [1.82, 2.24) is 40.0 Å². The Morgan fingerprint density at radius 1 is 0.833 bits per heavy atom. The molecule has 4 aliphatic heterocycles. The highest BCUT2D eigenvalue weighted by atomic mass is 35.5. The van der Waals surface area contributed by atoms with E-state index in [4.69, 9.17) is 21.7 Å². The average molecular weight is 828 g/mol. The van der Waals surface area contributed by atoms with Crippen LogP contribution in [0.2, 0.25) is 5.02 Å². The van der Waals surface area contributed by atoms with Crippen molar-refractivity contribution < 1.29 is 14.4 Å². The third-order valence-electron chi connectivity index (χ3n) is 13.3. The average Bonchev–Trinajstić information content (AvgIpc) is 3.79. The summed E-state index contributed by atoms with van der Waals surface area (Å²) in [5.74, 6) is 0.364. The van der Waals surface area contributed by atoms with Crippen molar-refractivity contribution in [3.05, 3.63) is 94.4 Å². The number of urea groups is 1. The Labute approximate surface area is 354 Å². The second-order valence-electron chi connectivity index (χ2n) is 17.1. The number of likely N-dealkylation sites (tertiary alicyclic amines) is 2. The number of rotatable bonds is 10. The number of anilines is 4. The summed E-state index contributed by atoms with van der Waals surface area (Å²) in [7, 11) is 1.86. The minimum Gasteiger partial charge on any atom is -0.385 e. The summed E-state index contributed by atoms with van der Waals surface area (Å²) < 4.78 is 1.67. The Hall–Kier alpha value is -5.57. The van der Waals surface area contributed by atoms with Gasteiger partial charge in [-0.15, -0.1) is 5.10 Å². The van der Waals surface area contributed by atoms with Crippen molar-refractivity contribution in [1.29, 1.82) is 0 Å². The van der Waals surface area contributed by atoms with Crippen molar-refractivity contribution in [2.24, 2.45) is 5.41 Å². The van der Waals surface area contributed by atoms with Gasteiger partial charge in [-0.1, -0.05) is 35.9 Å². The van der Waals surface area contributed by atoms with Crippen LogP contribution in [0.15, 0.2) is 67.0 Å². The standard InChI is InChI=1S/C45H50ClN11O3/c1-47-36-24-40(52-57-39(26-49-42(36)57)43(59)50-31-7-8-31)55-17-11-33-32(3-2-4-37(33)55)35-10-6-30(25-48-35)28-54-21-15-45(16-22-54)13-19-53(20-14-45)27-29-5-9-34(46)38(23-29)56-18-12-41(58)51-44(56)60/h2-6,9-10,23-26,31,47H,7-8,11-22,27-28H2,1H3,(H,50,59)(H,51,58,60). The van der Waals surface area contributed by atoms with Gasteiger partial charge in [0.25, 0.3) is 5.91 Å². The molecule has 4 amide bonds. The molecule has 15 heteroatoms. The maximum absolute atomic E-state index is 13.0. The van der Waals surface area contributed by atoms with E-state index in [0.29, 0.717) is 34.0 Å². The molecule has 0 atom stereocenters. The fourth-order valence-corrected chi connectivity index (χ4v) is 9.77. The van der Waals surface area contributed by atoms with Crippen LogP contribution < -0.4 is 25.8 Å². The van der Waals surface area contributed by atoms with Gasteiger partial charge < -0.3 is 15.5 Å². The maximum atomic E-state index is 13.0. The number of amides is 4. The van der Waals surface area contributed by atoms with E-state index in [0.717, 1.165) is 99.1 Å². The minimum atomic E-state index is -0.414. The number of imidazole rings is 1. The first-order valence-corrected chi connectivity index (χ1v) is 21.7. The molecule has 1 aliphatic carbocycles. The van der Waals surface area contributed by atoms with Crippen LogP contribution in [0.3, 0.4) is 0 Å². The lowest BCUT2D eigenvalue weighted by Crippen LogP contribution is -2.49. The van der Waals surface area contributed by atoms with Gasteiger partial charge in [-0.05, 0) is 117 Å². The Morgan fingerprint density at radius 3 is 2.27 bits per heavy atom. The lowest BCUT2D eigenvalue weighted by atomic mass is 9.71. The molecule has 5 aliphatic rings. The zero-order valence-electron chi connectivity index (χ0n) is 33.9. The highest BCUT2D eigenvalue weighted by Crippen LogP contribution is 2.43. The first kappa shape index (κ1) is 38.6. The Balaban J connectivity index is 0.751. The number of carbonyl (C=O) groups is 3. The van der Waals surface area contributed by atoms with E-state index in [1.807, 2.05) is 37.5 Å². The van der Waals surface area contributed by atoms with Gasteiger partial charge in [0.15, 0.2) is 17.2 Å². The van der Waals surface area contributed by atoms with Crippen LogP contribution in [0.1, 0.15) is 72.1 Å². The second kappa shape index (κ2) is 15.8. The van der Waals surface area contributed by atoms with Gasteiger partial charge in [0.05, 0.1) is 28.3 Å². The Bertz CT molecular complexity index is 2470. The summed E-state index contributed by atoms with van der Waals surface area (Å²) in [5.41, 5.74) is 9.74. The van der Waals surface area contributed by atoms with Crippen LogP contribution >= 0.6 is 11.6 Å². The summed E-state index contributed by atoms with van der Waals surface area (Å²) in [6, 6.07) is 18.5. The van der Waals surface area contributed by atoms with Crippen LogP contribution in [0, 0.1) is 5.41 Å². The fraction of sp³-hybridized carbons (Fsp3) is 0.422. The quantitative estimate of drug-likeness (QED) is 0.145. The first-order valence-electron chi connectivity index (χ1n) is 21.3. The number of imide groups is 1. The monoisotopic (exact) mass is 827 g/mol. The number of halogens is 1. The molecule has 3 saturated heterocycles. The van der Waals surface area contributed by atoms with E-state index in [1.54, 1.807) is 15.6 Å². The lowest BCUT2D eigenvalue weighted by molar-refractivity contribution is -0.120. The van der Waals surface area contributed by atoms with Crippen LogP contribution in [-0.4, -0.2) is 99.6 Å². The SMILES string of the molecule is CNc1cc(N2CCc3c(-c4ccc(CN5CCC6(CC5)CCN(Cc5ccc(Cl)c(N7CCC(=O)NC7=O)c5)CC6)cn4)cccc32)nn2c(C(=O)NC3CC3)cnc12. The zero-order chi connectivity index (χ0) is 41.0. The molecular formula is C45H50ClN11O3. The predicted octanol–water partition coefficient (Wildman–Crippen LogP) is 6.40. The van der Waals surface area contributed by atoms with Gasteiger partial charge in [0.2, 0.25) is 5.91 Å². The summed E-state index contributed by atoms with van der Waals surface area (Å²) in [6.07, 6.45) is 11.6. The molecule has 2 aromatic carbocycles. The zero-order valence-corrected chi connectivity index (χ0v) is 34.7. The number of piperidine rings is 2. The van der Waals surface area contributed by atoms with E-state index < -0.39 is 6.03 Å². The summed E-state index contributed by atoms with van der Waals surface area (Å²) in [6.45, 7) is 7.10. The molecule has 14 nitrogen and oxygen atoms in total. The molecule has 0 unspecified atom stereocenters. The molecule has 1 spiro atoms. The molecule has 3 aromatic heterocycles. The number of aromatic nitrogens is 4. The van der Waals surface area contributed by atoms with Crippen molar-refractivity contribution in [3.8, 4) is 11.3 Å². The van der Waals surface area contributed by atoms with Crippen molar-refractivity contribution in [3.63, 3.8) is 0 Å². The molecule has 7 heterocycles. The van der Waals surface area contributed by atoms with Gasteiger partial charge >= 0.3 is 6.03 Å². The largest absolute Gasteiger partial charge is 0.385 e. The topological polar surface area (TPSA) is 143 Å². The number of pyridine rings is 1. The van der Waals surface area contributed by atoms with Gasteiger partial charge in [0, 0.05) is 69.2 Å². The molecule has 60 heavy (non-hydrogen) atoms. The highest BCUT2D eigenvalue weighted by Gasteiger charge is 2.38. The smallest absolute Gasteiger partial charge is 0.328 e. The van der Waals surface area contributed by atoms with Crippen LogP contribution in [0.4, 0.5) is 27.7 Å². The number of hydrogen-bond donors (Lipinski definition) is 3. The predicted molar refractivity (Wildman–Crippen MR) is 232 cm³/mol. The molecule has 10 rings (SSSR count). The third-order valence-corrected chi connectivity index (χ3v) is 13.6. The van der Waals surface area contributed by atoms with Crippen LogP contribution in [-0.2, 0) is 24.3 Å². The number of benzene rings is 2. The number of fused-ring (bicyclic) bond motifs is 2. The number of nitrogens with zero attached hydrogens (tertiary/aromatic N) is 8. The summed E-state index contributed by atoms with van der Waals surface area (Å²) >= 11 is 6.50. The third kappa shape index (κ3) is 7.56. The molecular weight excluding hydrogens is 778 g/mol. The number of nitrogens with one attached hydrogen (secondary N) is 3. The van der Waals surface area contributed by atoms with E-state index in [1.165, 1.54) is 36.8 Å². The molecule has 5 aromatic rings. The summed E-state index contributed by atoms with van der Waals surface area (Å²) in [5, 5.41) is 14.2. The molecule has 0 bridgehead atoms. The molecule has 0 radical (unpaired) electrons. The normalized spacial score (nSPS) is 19.5. The molecule has 4 fully saturated rings. The first-order chi connectivity index (χ1) is 29.2. The molecule has 1 saturated carbocycles. The van der Waals surface area contributed by atoms with E-state index >= 15 is 0 Å². The Morgan fingerprint density at radius 2 is 1.57 bits per heavy atom. The number of carbonyl (C=O) groups excluding carboxylic acids is 3. The van der Waals surface area contributed by atoms with Gasteiger partial charge in [-0.2, -0.15) is 0 Å². The minimum absolute atomic E-state index is 0.146. The van der Waals surface area contributed by atoms with E-state index in [9.17, 15) is 14.4 Å². The highest BCUT2D eigenvalue weighted by molar-refractivity contribution is 6.34. The molecule has 310 valence electrons. The fourth-order valence-electron chi connectivity index (χ4n) is 9.55. The molecule has 3 N–H and O–H groups in total. The lowest BCUT2D eigenvalue weighted by Gasteiger charge is -2.47. The number of hydrogen-bond acceptors (Lipinski definition) is 10. The second-order valence-corrected chi connectivity index (χ2v) is 17.5. The van der Waals surface area contributed by atoms with Gasteiger partial charge in [0.1, 0.15) is 0 Å². The van der Waals surface area contributed by atoms with Crippen LogP contribution in [0.5, 0.6) is 0 Å². The van der Waals surface area contributed by atoms with Gasteiger partial charge in [-0.3, -0.25) is 34.6 Å². The van der Waals surface area contributed by atoms with E-state index in [-0.39, 0.29) is 24.3 Å². The maximum Gasteiger partial charge on any atom is 0.328 e.